The van der Waals surface area contributed by atoms with Crippen molar-refractivity contribution < 1.29 is 22.7 Å². The topological polar surface area (TPSA) is 93.7 Å². The number of ether oxygens (including phenoxy) is 2. The molecule has 7 nitrogen and oxygen atoms in total. The quantitative estimate of drug-likeness (QED) is 0.677. The zero-order valence-corrected chi connectivity index (χ0v) is 17.0. The summed E-state index contributed by atoms with van der Waals surface area (Å²) < 4.78 is 37.9. The predicted octanol–water partition coefficient (Wildman–Crippen LogP) is 2.80. The van der Waals surface area contributed by atoms with Crippen molar-refractivity contribution in [3.8, 4) is 11.5 Å². The number of sulfonamides is 1. The van der Waals surface area contributed by atoms with E-state index in [0.717, 1.165) is 12.0 Å². The second-order valence-electron chi connectivity index (χ2n) is 6.62. The SMILES string of the molecule is C=CCNS(=O)(=O)c1ccc(C(=O)NC(C)c2ccc3c(c2)OCCCO3)cc1. The lowest BCUT2D eigenvalue weighted by molar-refractivity contribution is 0.0939. The van der Waals surface area contributed by atoms with E-state index in [1.165, 1.54) is 30.3 Å². The number of rotatable bonds is 7. The number of hydrogen-bond acceptors (Lipinski definition) is 5. The van der Waals surface area contributed by atoms with Crippen molar-refractivity contribution in [3.63, 3.8) is 0 Å². The van der Waals surface area contributed by atoms with Crippen LogP contribution >= 0.6 is 0 Å². The third-order valence-electron chi connectivity index (χ3n) is 4.46. The summed E-state index contributed by atoms with van der Waals surface area (Å²) in [5.41, 5.74) is 1.25. The molecule has 0 aromatic heterocycles. The molecule has 0 fully saturated rings. The second kappa shape index (κ2) is 9.11. The smallest absolute Gasteiger partial charge is 0.251 e. The van der Waals surface area contributed by atoms with Gasteiger partial charge in [-0.3, -0.25) is 4.79 Å². The fourth-order valence-electron chi connectivity index (χ4n) is 2.85. The molecule has 0 radical (unpaired) electrons. The van der Waals surface area contributed by atoms with E-state index < -0.39 is 10.0 Å². The molecule has 0 bridgehead atoms. The maximum Gasteiger partial charge on any atom is 0.251 e. The highest BCUT2D eigenvalue weighted by Gasteiger charge is 2.17. The highest BCUT2D eigenvalue weighted by atomic mass is 32.2. The van der Waals surface area contributed by atoms with Gasteiger partial charge in [-0.25, -0.2) is 13.1 Å². The molecule has 1 aliphatic rings. The summed E-state index contributed by atoms with van der Waals surface area (Å²) in [5.74, 6) is 1.07. The highest BCUT2D eigenvalue weighted by Crippen LogP contribution is 2.32. The highest BCUT2D eigenvalue weighted by molar-refractivity contribution is 7.89. The summed E-state index contributed by atoms with van der Waals surface area (Å²) in [6.45, 7) is 6.70. The van der Waals surface area contributed by atoms with E-state index in [2.05, 4.69) is 16.6 Å². The Morgan fingerprint density at radius 2 is 1.83 bits per heavy atom. The number of amides is 1. The van der Waals surface area contributed by atoms with Gasteiger partial charge < -0.3 is 14.8 Å². The Morgan fingerprint density at radius 1 is 1.14 bits per heavy atom. The van der Waals surface area contributed by atoms with Crippen molar-refractivity contribution in [2.24, 2.45) is 0 Å². The zero-order chi connectivity index (χ0) is 20.9. The maximum absolute atomic E-state index is 12.6. The van der Waals surface area contributed by atoms with Gasteiger partial charge in [0.15, 0.2) is 11.5 Å². The van der Waals surface area contributed by atoms with E-state index in [9.17, 15) is 13.2 Å². The van der Waals surface area contributed by atoms with Crippen molar-refractivity contribution in [3.05, 3.63) is 66.2 Å². The van der Waals surface area contributed by atoms with Crippen LogP contribution in [-0.4, -0.2) is 34.1 Å². The van der Waals surface area contributed by atoms with Crippen LogP contribution in [0.5, 0.6) is 11.5 Å². The van der Waals surface area contributed by atoms with Crippen molar-refractivity contribution >= 4 is 15.9 Å². The molecule has 0 spiro atoms. The molecule has 2 aromatic carbocycles. The summed E-state index contributed by atoms with van der Waals surface area (Å²) in [6.07, 6.45) is 2.28. The summed E-state index contributed by atoms with van der Waals surface area (Å²) in [7, 11) is -3.62. The van der Waals surface area contributed by atoms with Crippen molar-refractivity contribution in [1.82, 2.24) is 10.0 Å². The molecule has 154 valence electrons. The van der Waals surface area contributed by atoms with E-state index in [1.807, 2.05) is 25.1 Å². The molecule has 0 aliphatic carbocycles. The number of carbonyl (C=O) groups excluding carboxylic acids is 1. The van der Waals surface area contributed by atoms with E-state index >= 15 is 0 Å². The van der Waals surface area contributed by atoms with Gasteiger partial charge in [0, 0.05) is 18.5 Å². The monoisotopic (exact) mass is 416 g/mol. The van der Waals surface area contributed by atoms with Gasteiger partial charge in [-0.15, -0.1) is 6.58 Å². The summed E-state index contributed by atoms with van der Waals surface area (Å²) in [5, 5.41) is 2.91. The van der Waals surface area contributed by atoms with Gasteiger partial charge in [0.25, 0.3) is 5.91 Å². The van der Waals surface area contributed by atoms with Gasteiger partial charge in [-0.05, 0) is 48.9 Å². The first kappa shape index (κ1) is 20.9. The zero-order valence-electron chi connectivity index (χ0n) is 16.2. The molecule has 3 rings (SSSR count). The lowest BCUT2D eigenvalue weighted by atomic mass is 10.1. The normalized spacial score (nSPS) is 14.5. The molecule has 0 saturated carbocycles. The van der Waals surface area contributed by atoms with Crippen LogP contribution < -0.4 is 19.5 Å². The Bertz CT molecular complexity index is 987. The minimum absolute atomic E-state index is 0.0897. The molecule has 29 heavy (non-hydrogen) atoms. The lowest BCUT2D eigenvalue weighted by Crippen LogP contribution is -2.27. The molecule has 2 N–H and O–H groups in total. The molecule has 1 heterocycles. The van der Waals surface area contributed by atoms with Gasteiger partial charge in [0.2, 0.25) is 10.0 Å². The first-order valence-corrected chi connectivity index (χ1v) is 10.8. The first-order chi connectivity index (χ1) is 13.9. The van der Waals surface area contributed by atoms with Crippen molar-refractivity contribution in [2.45, 2.75) is 24.3 Å². The van der Waals surface area contributed by atoms with Gasteiger partial charge in [0.05, 0.1) is 24.2 Å². The molecule has 1 unspecified atom stereocenters. The third kappa shape index (κ3) is 5.16. The first-order valence-electron chi connectivity index (χ1n) is 9.32. The Hall–Kier alpha value is -2.84. The largest absolute Gasteiger partial charge is 0.490 e. The van der Waals surface area contributed by atoms with Gasteiger partial charge in [-0.1, -0.05) is 12.1 Å². The molecule has 0 saturated heterocycles. The fourth-order valence-corrected chi connectivity index (χ4v) is 3.85. The number of fused-ring (bicyclic) bond motifs is 1. The molecule has 8 heteroatoms. The predicted molar refractivity (Wildman–Crippen MR) is 110 cm³/mol. The lowest BCUT2D eigenvalue weighted by Gasteiger charge is -2.16. The van der Waals surface area contributed by atoms with Crippen LogP contribution in [0.4, 0.5) is 0 Å². The average molecular weight is 416 g/mol. The molecular formula is C21H24N2O5S. The minimum Gasteiger partial charge on any atom is -0.490 e. The van der Waals surface area contributed by atoms with E-state index in [4.69, 9.17) is 9.47 Å². The fraction of sp³-hybridized carbons (Fsp3) is 0.286. The van der Waals surface area contributed by atoms with Gasteiger partial charge >= 0.3 is 0 Å². The van der Waals surface area contributed by atoms with Crippen LogP contribution in [0.2, 0.25) is 0 Å². The number of nitrogens with one attached hydrogen (secondary N) is 2. The van der Waals surface area contributed by atoms with Gasteiger partial charge in [-0.2, -0.15) is 0 Å². The second-order valence-corrected chi connectivity index (χ2v) is 8.38. The Morgan fingerprint density at radius 3 is 2.52 bits per heavy atom. The number of carbonyl (C=O) groups is 1. The van der Waals surface area contributed by atoms with Crippen LogP contribution in [0.25, 0.3) is 0 Å². The van der Waals surface area contributed by atoms with Crippen LogP contribution in [0.3, 0.4) is 0 Å². The molecule has 1 atom stereocenters. The van der Waals surface area contributed by atoms with Crippen LogP contribution in [0.15, 0.2) is 60.0 Å². The van der Waals surface area contributed by atoms with Crippen molar-refractivity contribution in [1.29, 1.82) is 0 Å². The molecule has 2 aromatic rings. The van der Waals surface area contributed by atoms with Crippen LogP contribution in [0, 0.1) is 0 Å². The average Bonchev–Trinajstić information content (AvgIpc) is 2.97. The number of benzene rings is 2. The van der Waals surface area contributed by atoms with E-state index in [0.29, 0.717) is 30.3 Å². The van der Waals surface area contributed by atoms with Crippen LogP contribution in [-0.2, 0) is 10.0 Å². The van der Waals surface area contributed by atoms with Crippen LogP contribution in [0.1, 0.15) is 35.3 Å². The summed E-state index contributed by atoms with van der Waals surface area (Å²) in [6, 6.07) is 11.1. The maximum atomic E-state index is 12.6. The Labute approximate surface area is 170 Å². The standard InChI is InChI=1S/C21H24N2O5S/c1-3-11-22-29(25,26)18-8-5-16(6-9-18)21(24)23-15(2)17-7-10-19-20(14-17)28-13-4-12-27-19/h3,5-10,14-15,22H,1,4,11-13H2,2H3,(H,23,24). The van der Waals surface area contributed by atoms with Crippen molar-refractivity contribution in [2.75, 3.05) is 19.8 Å². The third-order valence-corrected chi connectivity index (χ3v) is 5.90. The van der Waals surface area contributed by atoms with E-state index in [-0.39, 0.29) is 23.4 Å². The molecule has 1 amide bonds. The number of hydrogen-bond donors (Lipinski definition) is 2. The molecule has 1 aliphatic heterocycles. The Kier molecular flexibility index (Phi) is 6.56. The summed E-state index contributed by atoms with van der Waals surface area (Å²) in [4.78, 5) is 12.6. The molecular weight excluding hydrogens is 392 g/mol. The van der Waals surface area contributed by atoms with Gasteiger partial charge in [0.1, 0.15) is 0 Å². The Balaban J connectivity index is 1.68. The van der Waals surface area contributed by atoms with E-state index in [1.54, 1.807) is 0 Å². The summed E-state index contributed by atoms with van der Waals surface area (Å²) >= 11 is 0. The minimum atomic E-state index is -3.62.